The smallest absolute Gasteiger partial charge is 0.271 e. The van der Waals surface area contributed by atoms with Gasteiger partial charge in [0, 0.05) is 6.54 Å². The van der Waals surface area contributed by atoms with E-state index >= 15 is 0 Å². The molecule has 5 nitrogen and oxygen atoms in total. The van der Waals surface area contributed by atoms with Gasteiger partial charge in [-0.25, -0.2) is 0 Å². The van der Waals surface area contributed by atoms with Crippen molar-refractivity contribution >= 4 is 23.4 Å². The van der Waals surface area contributed by atoms with Crippen LogP contribution >= 0.6 is 11.6 Å². The van der Waals surface area contributed by atoms with Gasteiger partial charge in [0.2, 0.25) is 0 Å². The van der Waals surface area contributed by atoms with Crippen molar-refractivity contribution < 1.29 is 9.59 Å². The second-order valence-electron chi connectivity index (χ2n) is 5.27. The van der Waals surface area contributed by atoms with Crippen molar-refractivity contribution in [3.63, 3.8) is 0 Å². The Kier molecular flexibility index (Phi) is 6.78. The number of benzene rings is 2. The van der Waals surface area contributed by atoms with E-state index < -0.39 is 5.91 Å². The third kappa shape index (κ3) is 5.37. The minimum atomic E-state index is -0.444. The van der Waals surface area contributed by atoms with Crippen LogP contribution in [0.5, 0.6) is 0 Å². The van der Waals surface area contributed by atoms with Gasteiger partial charge in [0.05, 0.1) is 17.1 Å². The van der Waals surface area contributed by atoms with Gasteiger partial charge in [-0.3, -0.25) is 25.3 Å². The predicted molar refractivity (Wildman–Crippen MR) is 94.5 cm³/mol. The normalized spacial score (nSPS) is 10.5. The Morgan fingerprint density at radius 1 is 1.00 bits per heavy atom. The number of carbonyl (C=O) groups is 2. The van der Waals surface area contributed by atoms with Gasteiger partial charge in [0.15, 0.2) is 0 Å². The Bertz CT molecular complexity index is 692. The summed E-state index contributed by atoms with van der Waals surface area (Å²) in [5.74, 6) is -0.728. The van der Waals surface area contributed by atoms with Gasteiger partial charge in [0.1, 0.15) is 0 Å². The molecule has 2 rings (SSSR count). The van der Waals surface area contributed by atoms with E-state index in [0.717, 1.165) is 12.1 Å². The number of nitrogens with one attached hydrogen (secondary N) is 2. The van der Waals surface area contributed by atoms with E-state index in [1.807, 2.05) is 42.2 Å². The molecule has 24 heavy (non-hydrogen) atoms. The Hall–Kier alpha value is -2.37. The zero-order valence-electron chi connectivity index (χ0n) is 13.5. The van der Waals surface area contributed by atoms with Gasteiger partial charge in [-0.05, 0) is 24.2 Å². The maximum absolute atomic E-state index is 12.0. The van der Waals surface area contributed by atoms with E-state index in [1.54, 1.807) is 24.3 Å². The van der Waals surface area contributed by atoms with Gasteiger partial charge in [-0.2, -0.15) is 0 Å². The molecule has 0 saturated heterocycles. The quantitative estimate of drug-likeness (QED) is 0.791. The average Bonchev–Trinajstić information content (AvgIpc) is 2.60. The number of nitrogens with zero attached hydrogens (tertiary/aromatic N) is 1. The molecule has 6 heteroatoms. The van der Waals surface area contributed by atoms with Crippen LogP contribution in [0.1, 0.15) is 22.8 Å². The van der Waals surface area contributed by atoms with Crippen molar-refractivity contribution in [3.8, 4) is 0 Å². The second-order valence-corrected chi connectivity index (χ2v) is 5.68. The molecule has 0 heterocycles. The lowest BCUT2D eigenvalue weighted by Gasteiger charge is -2.20. The van der Waals surface area contributed by atoms with Crippen LogP contribution in [-0.2, 0) is 11.3 Å². The number of hydrazine groups is 1. The molecule has 0 saturated carbocycles. The fourth-order valence-electron chi connectivity index (χ4n) is 2.20. The van der Waals surface area contributed by atoms with Crippen LogP contribution < -0.4 is 10.9 Å². The SMILES string of the molecule is CCN(CC(=O)NNC(=O)c1ccccc1Cl)Cc1ccccc1. The number of hydrogen-bond donors (Lipinski definition) is 2. The Morgan fingerprint density at radius 3 is 2.33 bits per heavy atom. The van der Waals surface area contributed by atoms with Crippen molar-refractivity contribution in [1.29, 1.82) is 0 Å². The molecule has 0 aliphatic carbocycles. The molecule has 0 unspecified atom stereocenters. The zero-order valence-corrected chi connectivity index (χ0v) is 14.2. The van der Waals surface area contributed by atoms with Crippen molar-refractivity contribution in [3.05, 3.63) is 70.7 Å². The van der Waals surface area contributed by atoms with E-state index in [4.69, 9.17) is 11.6 Å². The highest BCUT2D eigenvalue weighted by molar-refractivity contribution is 6.33. The summed E-state index contributed by atoms with van der Waals surface area (Å²) in [7, 11) is 0. The Balaban J connectivity index is 1.83. The summed E-state index contributed by atoms with van der Waals surface area (Å²) in [6, 6.07) is 16.6. The van der Waals surface area contributed by atoms with Crippen LogP contribution in [0.2, 0.25) is 5.02 Å². The highest BCUT2D eigenvalue weighted by Crippen LogP contribution is 2.14. The largest absolute Gasteiger partial charge is 0.290 e. The van der Waals surface area contributed by atoms with E-state index in [-0.39, 0.29) is 12.5 Å². The molecule has 2 aromatic carbocycles. The first kappa shape index (κ1) is 18.0. The lowest BCUT2D eigenvalue weighted by molar-refractivity contribution is -0.123. The number of amides is 2. The van der Waals surface area contributed by atoms with E-state index in [2.05, 4.69) is 10.9 Å². The lowest BCUT2D eigenvalue weighted by Crippen LogP contribution is -2.46. The molecule has 2 aromatic rings. The minimum absolute atomic E-state index is 0.189. The summed E-state index contributed by atoms with van der Waals surface area (Å²) in [5.41, 5.74) is 6.25. The summed E-state index contributed by atoms with van der Waals surface area (Å²) in [6.45, 7) is 3.57. The highest BCUT2D eigenvalue weighted by Gasteiger charge is 2.13. The van der Waals surface area contributed by atoms with Crippen molar-refractivity contribution in [2.75, 3.05) is 13.1 Å². The standard InChI is InChI=1S/C18H20ClN3O2/c1-2-22(12-14-8-4-3-5-9-14)13-17(23)20-21-18(24)15-10-6-7-11-16(15)19/h3-11H,2,12-13H2,1H3,(H,20,23)(H,21,24). The number of hydrogen-bond acceptors (Lipinski definition) is 3. The van der Waals surface area contributed by atoms with Gasteiger partial charge in [0.25, 0.3) is 11.8 Å². The first-order valence-electron chi connectivity index (χ1n) is 7.70. The molecule has 0 radical (unpaired) electrons. The molecular formula is C18H20ClN3O2. The molecular weight excluding hydrogens is 326 g/mol. The molecule has 0 aliphatic heterocycles. The Labute approximate surface area is 146 Å². The van der Waals surface area contributed by atoms with E-state index in [9.17, 15) is 9.59 Å². The first-order chi connectivity index (χ1) is 11.6. The van der Waals surface area contributed by atoms with Crippen molar-refractivity contribution in [2.24, 2.45) is 0 Å². The highest BCUT2D eigenvalue weighted by atomic mass is 35.5. The molecule has 0 aliphatic rings. The molecule has 2 N–H and O–H groups in total. The Morgan fingerprint density at radius 2 is 1.67 bits per heavy atom. The van der Waals surface area contributed by atoms with Crippen LogP contribution in [0, 0.1) is 0 Å². The lowest BCUT2D eigenvalue weighted by atomic mass is 10.2. The topological polar surface area (TPSA) is 61.4 Å². The van der Waals surface area contributed by atoms with Gasteiger partial charge in [-0.1, -0.05) is 61.0 Å². The number of rotatable bonds is 6. The van der Waals surface area contributed by atoms with Crippen LogP contribution in [0.3, 0.4) is 0 Å². The molecule has 0 aromatic heterocycles. The van der Waals surface area contributed by atoms with Crippen LogP contribution in [-0.4, -0.2) is 29.8 Å². The van der Waals surface area contributed by atoms with Gasteiger partial charge < -0.3 is 0 Å². The fraction of sp³-hybridized carbons (Fsp3) is 0.222. The third-order valence-electron chi connectivity index (χ3n) is 3.50. The monoisotopic (exact) mass is 345 g/mol. The average molecular weight is 346 g/mol. The second kappa shape index (κ2) is 9.05. The third-order valence-corrected chi connectivity index (χ3v) is 3.83. The minimum Gasteiger partial charge on any atom is -0.290 e. The van der Waals surface area contributed by atoms with E-state index in [0.29, 0.717) is 17.1 Å². The number of carbonyl (C=O) groups excluding carboxylic acids is 2. The maximum Gasteiger partial charge on any atom is 0.271 e. The molecule has 0 atom stereocenters. The predicted octanol–water partition coefficient (Wildman–Crippen LogP) is 2.62. The number of likely N-dealkylation sites (N-methyl/N-ethyl adjacent to an activating group) is 1. The molecule has 2 amide bonds. The summed E-state index contributed by atoms with van der Waals surface area (Å²) in [5, 5.41) is 0.337. The maximum atomic E-state index is 12.0. The summed E-state index contributed by atoms with van der Waals surface area (Å²) >= 11 is 5.95. The summed E-state index contributed by atoms with van der Waals surface area (Å²) in [4.78, 5) is 26.0. The van der Waals surface area contributed by atoms with E-state index in [1.165, 1.54) is 0 Å². The van der Waals surface area contributed by atoms with Crippen LogP contribution in [0.4, 0.5) is 0 Å². The fourth-order valence-corrected chi connectivity index (χ4v) is 2.42. The zero-order chi connectivity index (χ0) is 17.4. The molecule has 0 fully saturated rings. The molecule has 0 spiro atoms. The van der Waals surface area contributed by atoms with Crippen molar-refractivity contribution in [1.82, 2.24) is 15.8 Å². The van der Waals surface area contributed by atoms with Crippen molar-refractivity contribution in [2.45, 2.75) is 13.5 Å². The first-order valence-corrected chi connectivity index (χ1v) is 8.08. The van der Waals surface area contributed by atoms with Crippen LogP contribution in [0.15, 0.2) is 54.6 Å². The van der Waals surface area contributed by atoms with Gasteiger partial charge >= 0.3 is 0 Å². The molecule has 0 bridgehead atoms. The van der Waals surface area contributed by atoms with Crippen LogP contribution in [0.25, 0.3) is 0 Å². The summed E-state index contributed by atoms with van der Waals surface area (Å²) in [6.07, 6.45) is 0. The number of halogens is 1. The van der Waals surface area contributed by atoms with Gasteiger partial charge in [-0.15, -0.1) is 0 Å². The summed E-state index contributed by atoms with van der Waals surface area (Å²) < 4.78 is 0. The molecule has 126 valence electrons.